The minimum atomic E-state index is -0.361. The fraction of sp³-hybridized carbons (Fsp3) is 0.0556. The highest BCUT2D eigenvalue weighted by atomic mass is 19.1. The van der Waals surface area contributed by atoms with E-state index in [4.69, 9.17) is 0 Å². The number of nitrogens with zero attached hydrogens (tertiary/aromatic N) is 2. The Balaban J connectivity index is 2.13. The predicted molar refractivity (Wildman–Crippen MR) is 83.9 cm³/mol. The summed E-state index contributed by atoms with van der Waals surface area (Å²) in [6.45, 7) is 0. The van der Waals surface area contributed by atoms with Crippen LogP contribution in [0.1, 0.15) is 26.5 Å². The Morgan fingerprint density at radius 2 is 1.91 bits per heavy atom. The van der Waals surface area contributed by atoms with E-state index in [0.717, 1.165) is 0 Å². The van der Waals surface area contributed by atoms with Gasteiger partial charge in [-0.1, -0.05) is 6.07 Å². The number of halogens is 1. The highest BCUT2D eigenvalue weighted by Crippen LogP contribution is 2.27. The molecule has 0 saturated heterocycles. The van der Waals surface area contributed by atoms with E-state index in [1.165, 1.54) is 24.4 Å². The topological polar surface area (TPSA) is 52.0 Å². The summed E-state index contributed by atoms with van der Waals surface area (Å²) in [6.07, 6.45) is 2.23. The van der Waals surface area contributed by atoms with E-state index in [1.807, 2.05) is 0 Å². The van der Waals surface area contributed by atoms with Gasteiger partial charge < -0.3 is 4.57 Å². The van der Waals surface area contributed by atoms with Gasteiger partial charge in [0, 0.05) is 18.8 Å². The van der Waals surface area contributed by atoms with E-state index in [2.05, 4.69) is 4.98 Å². The molecular formula is C18H13FN2O2. The van der Waals surface area contributed by atoms with Gasteiger partial charge >= 0.3 is 0 Å². The summed E-state index contributed by atoms with van der Waals surface area (Å²) in [5.74, 6) is -0.634. The zero-order valence-corrected chi connectivity index (χ0v) is 12.4. The fourth-order valence-corrected chi connectivity index (χ4v) is 2.53. The van der Waals surface area contributed by atoms with Gasteiger partial charge in [0.25, 0.3) is 0 Å². The number of rotatable bonds is 4. The minimum Gasteiger partial charge on any atom is -0.340 e. The maximum absolute atomic E-state index is 13.1. The summed E-state index contributed by atoms with van der Waals surface area (Å²) in [7, 11) is 1.70. The normalized spacial score (nSPS) is 10.5. The molecule has 0 amide bonds. The number of aldehydes is 1. The number of benzene rings is 1. The second-order valence-electron chi connectivity index (χ2n) is 5.06. The standard InChI is InChI=1S/C18H13FN2O2/c1-21-16(18(23)15-4-2-3-9-20-15)10-13(11-22)17(21)12-5-7-14(19)8-6-12/h2-11H,1H3. The minimum absolute atomic E-state index is 0.274. The van der Waals surface area contributed by atoms with Crippen LogP contribution in [0.4, 0.5) is 4.39 Å². The predicted octanol–water partition coefficient (Wildman–Crippen LogP) is 3.27. The van der Waals surface area contributed by atoms with Crippen molar-refractivity contribution in [2.75, 3.05) is 0 Å². The van der Waals surface area contributed by atoms with E-state index in [9.17, 15) is 14.0 Å². The third-order valence-corrected chi connectivity index (χ3v) is 3.64. The molecule has 3 aromatic rings. The maximum atomic E-state index is 13.1. The van der Waals surface area contributed by atoms with Gasteiger partial charge in [-0.05, 0) is 48.0 Å². The molecule has 2 aromatic heterocycles. The molecule has 114 valence electrons. The van der Waals surface area contributed by atoms with Gasteiger partial charge in [0.1, 0.15) is 11.5 Å². The quantitative estimate of drug-likeness (QED) is 0.549. The van der Waals surface area contributed by atoms with E-state index >= 15 is 0 Å². The Hall–Kier alpha value is -3.08. The molecule has 5 heteroatoms. The number of hydrogen-bond donors (Lipinski definition) is 0. The van der Waals surface area contributed by atoms with Crippen LogP contribution < -0.4 is 0 Å². The molecule has 3 rings (SSSR count). The molecule has 0 aliphatic heterocycles. The molecule has 0 aliphatic rings. The lowest BCUT2D eigenvalue weighted by atomic mass is 10.1. The summed E-state index contributed by atoms with van der Waals surface area (Å²) < 4.78 is 14.7. The molecule has 4 nitrogen and oxygen atoms in total. The van der Waals surface area contributed by atoms with Crippen molar-refractivity contribution in [1.82, 2.24) is 9.55 Å². The molecule has 23 heavy (non-hydrogen) atoms. The second-order valence-corrected chi connectivity index (χ2v) is 5.06. The number of carbonyl (C=O) groups is 2. The average Bonchev–Trinajstić information content (AvgIpc) is 2.92. The van der Waals surface area contributed by atoms with Crippen molar-refractivity contribution in [3.05, 3.63) is 77.5 Å². The zero-order valence-electron chi connectivity index (χ0n) is 12.4. The van der Waals surface area contributed by atoms with Crippen LogP contribution in [-0.4, -0.2) is 21.6 Å². The van der Waals surface area contributed by atoms with Crippen molar-refractivity contribution < 1.29 is 14.0 Å². The van der Waals surface area contributed by atoms with E-state index in [-0.39, 0.29) is 11.6 Å². The Bertz CT molecular complexity index is 868. The largest absolute Gasteiger partial charge is 0.340 e. The van der Waals surface area contributed by atoms with Crippen LogP contribution in [0, 0.1) is 5.82 Å². The van der Waals surface area contributed by atoms with Gasteiger partial charge in [-0.3, -0.25) is 14.6 Å². The summed E-state index contributed by atoms with van der Waals surface area (Å²) in [4.78, 5) is 28.0. The van der Waals surface area contributed by atoms with Gasteiger partial charge in [0.2, 0.25) is 5.78 Å². The van der Waals surface area contributed by atoms with Gasteiger partial charge in [-0.25, -0.2) is 4.39 Å². The molecule has 0 fully saturated rings. The molecule has 2 heterocycles. The van der Waals surface area contributed by atoms with Crippen molar-refractivity contribution in [2.45, 2.75) is 0 Å². The number of hydrogen-bond acceptors (Lipinski definition) is 3. The molecule has 0 N–H and O–H groups in total. The van der Waals surface area contributed by atoms with Crippen LogP contribution >= 0.6 is 0 Å². The molecule has 0 saturated carbocycles. The molecular weight excluding hydrogens is 295 g/mol. The molecule has 0 bridgehead atoms. The number of carbonyl (C=O) groups excluding carboxylic acids is 2. The zero-order chi connectivity index (χ0) is 16.4. The third-order valence-electron chi connectivity index (χ3n) is 3.64. The lowest BCUT2D eigenvalue weighted by Crippen LogP contribution is -2.09. The van der Waals surface area contributed by atoms with Crippen molar-refractivity contribution >= 4 is 12.1 Å². The summed E-state index contributed by atoms with van der Waals surface area (Å²) in [6, 6.07) is 12.4. The van der Waals surface area contributed by atoms with Crippen molar-refractivity contribution in [3.8, 4) is 11.3 Å². The van der Waals surface area contributed by atoms with Crippen LogP contribution in [0.15, 0.2) is 54.7 Å². The van der Waals surface area contributed by atoms with E-state index in [1.54, 1.807) is 41.9 Å². The first-order valence-electron chi connectivity index (χ1n) is 6.98. The first-order chi connectivity index (χ1) is 11.1. The smallest absolute Gasteiger partial charge is 0.227 e. The van der Waals surface area contributed by atoms with Crippen LogP contribution in [0.2, 0.25) is 0 Å². The van der Waals surface area contributed by atoms with Crippen LogP contribution in [0.5, 0.6) is 0 Å². The number of ketones is 1. The van der Waals surface area contributed by atoms with Gasteiger partial charge in [0.05, 0.1) is 11.4 Å². The molecule has 0 aliphatic carbocycles. The summed E-state index contributed by atoms with van der Waals surface area (Å²) >= 11 is 0. The lowest BCUT2D eigenvalue weighted by molar-refractivity contribution is 0.102. The highest BCUT2D eigenvalue weighted by Gasteiger charge is 2.20. The van der Waals surface area contributed by atoms with Crippen molar-refractivity contribution in [1.29, 1.82) is 0 Å². The molecule has 0 radical (unpaired) electrons. The first-order valence-corrected chi connectivity index (χ1v) is 6.98. The monoisotopic (exact) mass is 308 g/mol. The Labute approximate surface area is 132 Å². The van der Waals surface area contributed by atoms with Crippen LogP contribution in [-0.2, 0) is 7.05 Å². The van der Waals surface area contributed by atoms with Crippen molar-refractivity contribution in [3.63, 3.8) is 0 Å². The molecule has 0 spiro atoms. The number of aromatic nitrogens is 2. The Morgan fingerprint density at radius 1 is 1.17 bits per heavy atom. The Morgan fingerprint density at radius 3 is 2.52 bits per heavy atom. The van der Waals surface area contributed by atoms with Crippen LogP contribution in [0.25, 0.3) is 11.3 Å². The van der Waals surface area contributed by atoms with Crippen LogP contribution in [0.3, 0.4) is 0 Å². The van der Waals surface area contributed by atoms with E-state index < -0.39 is 0 Å². The molecule has 0 unspecified atom stereocenters. The van der Waals surface area contributed by atoms with E-state index in [0.29, 0.717) is 34.5 Å². The van der Waals surface area contributed by atoms with Crippen molar-refractivity contribution in [2.24, 2.45) is 7.05 Å². The lowest BCUT2D eigenvalue weighted by Gasteiger charge is -2.08. The molecule has 0 atom stereocenters. The van der Waals surface area contributed by atoms with Gasteiger partial charge in [0.15, 0.2) is 6.29 Å². The number of pyridine rings is 1. The summed E-state index contributed by atoms with van der Waals surface area (Å²) in [5, 5.41) is 0. The average molecular weight is 308 g/mol. The highest BCUT2D eigenvalue weighted by molar-refractivity contribution is 6.08. The second kappa shape index (κ2) is 5.96. The first kappa shape index (κ1) is 14.8. The summed E-state index contributed by atoms with van der Waals surface area (Å²) in [5.41, 5.74) is 2.26. The Kier molecular flexibility index (Phi) is 3.85. The molecule has 1 aromatic carbocycles. The van der Waals surface area contributed by atoms with Gasteiger partial charge in [-0.2, -0.15) is 0 Å². The fourth-order valence-electron chi connectivity index (χ4n) is 2.53. The van der Waals surface area contributed by atoms with Gasteiger partial charge in [-0.15, -0.1) is 0 Å². The SMILES string of the molecule is Cn1c(C(=O)c2ccccn2)cc(C=O)c1-c1ccc(F)cc1. The third kappa shape index (κ3) is 2.68. The maximum Gasteiger partial charge on any atom is 0.227 e.